The van der Waals surface area contributed by atoms with Crippen LogP contribution >= 0.6 is 0 Å². The number of nitrogens with one attached hydrogen (secondary N) is 1. The van der Waals surface area contributed by atoms with Crippen molar-refractivity contribution in [2.75, 3.05) is 36.5 Å². The van der Waals surface area contributed by atoms with Crippen molar-refractivity contribution in [3.63, 3.8) is 0 Å². The van der Waals surface area contributed by atoms with Gasteiger partial charge in [-0.15, -0.1) is 0 Å². The molecule has 8 heteroatoms. The molecular formula is C15H19N3O5. The van der Waals surface area contributed by atoms with Crippen molar-refractivity contribution in [2.45, 2.75) is 25.9 Å². The molecule has 1 saturated heterocycles. The number of anilines is 2. The van der Waals surface area contributed by atoms with Gasteiger partial charge in [0.1, 0.15) is 5.69 Å². The van der Waals surface area contributed by atoms with Crippen LogP contribution in [0.2, 0.25) is 0 Å². The van der Waals surface area contributed by atoms with Crippen LogP contribution < -0.4 is 15.0 Å². The summed E-state index contributed by atoms with van der Waals surface area (Å²) in [6, 6.07) is 2.99. The van der Waals surface area contributed by atoms with Gasteiger partial charge in [-0.1, -0.05) is 6.92 Å². The van der Waals surface area contributed by atoms with Crippen LogP contribution in [0.5, 0.6) is 5.75 Å². The van der Waals surface area contributed by atoms with Crippen molar-refractivity contribution in [1.82, 2.24) is 0 Å². The topological polar surface area (TPSA) is 93.9 Å². The van der Waals surface area contributed by atoms with Gasteiger partial charge in [0, 0.05) is 13.1 Å². The Morgan fingerprint density at radius 3 is 2.96 bits per heavy atom. The third kappa shape index (κ3) is 2.94. The SMILES string of the molecule is CCC1(C)CN(c2cc3c(cc2[N+](=O)[O-])OCC(=O)N3)CCO1. The second-order valence-electron chi connectivity index (χ2n) is 6.00. The van der Waals surface area contributed by atoms with Gasteiger partial charge in [-0.05, 0) is 19.4 Å². The molecule has 1 aromatic rings. The fourth-order valence-corrected chi connectivity index (χ4v) is 2.85. The smallest absolute Gasteiger partial charge is 0.296 e. The minimum absolute atomic E-state index is 0.0275. The Bertz CT molecular complexity index is 663. The van der Waals surface area contributed by atoms with Crippen molar-refractivity contribution in [3.05, 3.63) is 22.2 Å². The molecule has 1 aromatic carbocycles. The predicted octanol–water partition coefficient (Wildman–Crippen LogP) is 1.93. The number of nitrogens with zero attached hydrogens (tertiary/aromatic N) is 2. The lowest BCUT2D eigenvalue weighted by Gasteiger charge is -2.41. The van der Waals surface area contributed by atoms with Gasteiger partial charge in [-0.2, -0.15) is 0 Å². The summed E-state index contributed by atoms with van der Waals surface area (Å²) in [6.45, 7) is 5.51. The number of rotatable bonds is 3. The maximum Gasteiger partial charge on any atom is 0.296 e. The van der Waals surface area contributed by atoms with Crippen LogP contribution in [0.15, 0.2) is 12.1 Å². The standard InChI is InChI=1S/C15H19N3O5/c1-3-15(2)9-17(4-5-23-15)11-6-10-13(7-12(11)18(20)21)22-8-14(19)16-10/h6-7H,3-5,8-9H2,1-2H3,(H,16,19). The van der Waals surface area contributed by atoms with E-state index in [1.54, 1.807) is 6.07 Å². The Hall–Kier alpha value is -2.35. The van der Waals surface area contributed by atoms with Gasteiger partial charge < -0.3 is 19.7 Å². The van der Waals surface area contributed by atoms with E-state index in [2.05, 4.69) is 5.32 Å². The number of fused-ring (bicyclic) bond motifs is 1. The fourth-order valence-electron chi connectivity index (χ4n) is 2.85. The summed E-state index contributed by atoms with van der Waals surface area (Å²) in [5.41, 5.74) is 0.566. The van der Waals surface area contributed by atoms with Crippen LogP contribution in [0.25, 0.3) is 0 Å². The number of hydrogen-bond donors (Lipinski definition) is 1. The molecule has 0 aliphatic carbocycles. The van der Waals surface area contributed by atoms with E-state index in [-0.39, 0.29) is 23.8 Å². The van der Waals surface area contributed by atoms with E-state index in [0.29, 0.717) is 36.8 Å². The van der Waals surface area contributed by atoms with Crippen LogP contribution in [0.4, 0.5) is 17.1 Å². The molecule has 1 amide bonds. The summed E-state index contributed by atoms with van der Waals surface area (Å²) in [4.78, 5) is 24.4. The Labute approximate surface area is 133 Å². The number of amides is 1. The van der Waals surface area contributed by atoms with Crippen molar-refractivity contribution in [2.24, 2.45) is 0 Å². The van der Waals surface area contributed by atoms with Crippen molar-refractivity contribution in [1.29, 1.82) is 0 Å². The van der Waals surface area contributed by atoms with Gasteiger partial charge in [-0.25, -0.2) is 0 Å². The van der Waals surface area contributed by atoms with E-state index >= 15 is 0 Å². The molecule has 2 aliphatic rings. The Kier molecular flexibility index (Phi) is 3.85. The minimum atomic E-state index is -0.422. The number of ether oxygens (including phenoxy) is 2. The molecule has 0 aromatic heterocycles. The number of nitro benzene ring substituents is 1. The first-order valence-electron chi connectivity index (χ1n) is 7.56. The van der Waals surface area contributed by atoms with Crippen LogP contribution in [0.1, 0.15) is 20.3 Å². The second kappa shape index (κ2) is 5.69. The molecule has 0 spiro atoms. The van der Waals surface area contributed by atoms with E-state index in [0.717, 1.165) is 6.42 Å². The lowest BCUT2D eigenvalue weighted by atomic mass is 10.00. The maximum atomic E-state index is 11.5. The zero-order chi connectivity index (χ0) is 16.6. The molecule has 2 heterocycles. The molecule has 1 fully saturated rings. The predicted molar refractivity (Wildman–Crippen MR) is 84.1 cm³/mol. The highest BCUT2D eigenvalue weighted by Crippen LogP contribution is 2.41. The highest BCUT2D eigenvalue weighted by atomic mass is 16.6. The van der Waals surface area contributed by atoms with Gasteiger partial charge in [0.05, 0.1) is 28.9 Å². The quantitative estimate of drug-likeness (QED) is 0.675. The molecule has 1 N–H and O–H groups in total. The third-order valence-electron chi connectivity index (χ3n) is 4.33. The monoisotopic (exact) mass is 321 g/mol. The number of carbonyl (C=O) groups is 1. The molecule has 8 nitrogen and oxygen atoms in total. The van der Waals surface area contributed by atoms with E-state index < -0.39 is 4.92 Å². The van der Waals surface area contributed by atoms with Crippen LogP contribution in [-0.2, 0) is 9.53 Å². The number of hydrogen-bond acceptors (Lipinski definition) is 6. The average Bonchev–Trinajstić information content (AvgIpc) is 2.53. The lowest BCUT2D eigenvalue weighted by Crippen LogP contribution is -2.50. The molecular weight excluding hydrogens is 302 g/mol. The van der Waals surface area contributed by atoms with Gasteiger partial charge >= 0.3 is 0 Å². The molecule has 23 heavy (non-hydrogen) atoms. The summed E-state index contributed by atoms with van der Waals surface area (Å²) in [6.07, 6.45) is 0.808. The van der Waals surface area contributed by atoms with Gasteiger partial charge in [-0.3, -0.25) is 14.9 Å². The largest absolute Gasteiger partial charge is 0.481 e. The zero-order valence-electron chi connectivity index (χ0n) is 13.1. The van der Waals surface area contributed by atoms with Crippen molar-refractivity contribution >= 4 is 23.0 Å². The molecule has 124 valence electrons. The Balaban J connectivity index is 2.01. The first-order chi connectivity index (χ1) is 10.9. The van der Waals surface area contributed by atoms with Crippen LogP contribution in [0, 0.1) is 10.1 Å². The minimum Gasteiger partial charge on any atom is -0.481 e. The molecule has 0 radical (unpaired) electrons. The fraction of sp³-hybridized carbons (Fsp3) is 0.533. The average molecular weight is 321 g/mol. The van der Waals surface area contributed by atoms with Crippen molar-refractivity contribution in [3.8, 4) is 5.75 Å². The van der Waals surface area contributed by atoms with Gasteiger partial charge in [0.25, 0.3) is 11.6 Å². The van der Waals surface area contributed by atoms with Crippen LogP contribution in [0.3, 0.4) is 0 Å². The summed E-state index contributed by atoms with van der Waals surface area (Å²) in [7, 11) is 0. The van der Waals surface area contributed by atoms with E-state index in [1.165, 1.54) is 6.07 Å². The Morgan fingerprint density at radius 2 is 2.26 bits per heavy atom. The van der Waals surface area contributed by atoms with Crippen LogP contribution in [-0.4, -0.2) is 42.7 Å². The summed E-state index contributed by atoms with van der Waals surface area (Å²) >= 11 is 0. The first-order valence-corrected chi connectivity index (χ1v) is 7.56. The zero-order valence-corrected chi connectivity index (χ0v) is 13.1. The highest BCUT2D eigenvalue weighted by Gasteiger charge is 2.34. The molecule has 3 rings (SSSR count). The van der Waals surface area contributed by atoms with Crippen molar-refractivity contribution < 1.29 is 19.2 Å². The van der Waals surface area contributed by atoms with Gasteiger partial charge in [0.15, 0.2) is 12.4 Å². The third-order valence-corrected chi connectivity index (χ3v) is 4.33. The normalized spacial score (nSPS) is 23.7. The van der Waals surface area contributed by atoms with E-state index in [9.17, 15) is 14.9 Å². The molecule has 0 bridgehead atoms. The summed E-state index contributed by atoms with van der Waals surface area (Å²) in [5.74, 6) is 0.0595. The lowest BCUT2D eigenvalue weighted by molar-refractivity contribution is -0.384. The highest BCUT2D eigenvalue weighted by molar-refractivity contribution is 5.97. The summed E-state index contributed by atoms with van der Waals surface area (Å²) < 4.78 is 11.1. The van der Waals surface area contributed by atoms with E-state index in [4.69, 9.17) is 9.47 Å². The molecule has 0 saturated carbocycles. The molecule has 1 atom stereocenters. The summed E-state index contributed by atoms with van der Waals surface area (Å²) in [5, 5.41) is 14.1. The second-order valence-corrected chi connectivity index (χ2v) is 6.00. The number of morpholine rings is 1. The maximum absolute atomic E-state index is 11.5. The molecule has 1 unspecified atom stereocenters. The van der Waals surface area contributed by atoms with Gasteiger partial charge in [0.2, 0.25) is 0 Å². The number of benzene rings is 1. The van der Waals surface area contributed by atoms with E-state index in [1.807, 2.05) is 18.7 Å². The Morgan fingerprint density at radius 1 is 1.48 bits per heavy atom. The number of carbonyl (C=O) groups excluding carboxylic acids is 1. The first kappa shape index (κ1) is 15.5. The molecule has 2 aliphatic heterocycles. The number of nitro groups is 1.